The minimum Gasteiger partial charge on any atom is -0.382 e. The Bertz CT molecular complexity index is 1350. The first-order valence-electron chi connectivity index (χ1n) is 11.8. The van der Waals surface area contributed by atoms with Crippen molar-refractivity contribution >= 4 is 21.7 Å². The molecule has 1 saturated heterocycles. The van der Waals surface area contributed by atoms with E-state index in [4.69, 9.17) is 5.73 Å². The summed E-state index contributed by atoms with van der Waals surface area (Å²) < 4.78 is 29.2. The number of anilines is 1. The van der Waals surface area contributed by atoms with Gasteiger partial charge in [0.2, 0.25) is 10.0 Å². The molecule has 2 atom stereocenters. The van der Waals surface area contributed by atoms with Crippen molar-refractivity contribution in [1.82, 2.24) is 25.3 Å². The van der Waals surface area contributed by atoms with E-state index >= 15 is 0 Å². The standard InChI is InChI=1S/C25H28N6O3S/c26-24-23(25(32)29-18-7-4-12-27-14-18)30-22(15-28-24)17-6-3-8-19(13-17)35(33,34)31-21-11-10-16-5-1-2-9-20(16)21/h1-3,5-6,8-9,13,15,18,21,27,31H,4,7,10-12,14H2,(H2,26,28)(H,29,32)/t18?,21-/m0/s1. The number of carbonyl (C=O) groups is 1. The van der Waals surface area contributed by atoms with Gasteiger partial charge < -0.3 is 16.4 Å². The van der Waals surface area contributed by atoms with E-state index in [1.807, 2.05) is 24.3 Å². The van der Waals surface area contributed by atoms with Crippen LogP contribution in [0.25, 0.3) is 11.3 Å². The van der Waals surface area contributed by atoms with Gasteiger partial charge in [-0.25, -0.2) is 23.1 Å². The molecule has 3 aromatic rings. The number of nitrogens with one attached hydrogen (secondary N) is 3. The smallest absolute Gasteiger partial charge is 0.274 e. The molecule has 0 bridgehead atoms. The van der Waals surface area contributed by atoms with E-state index in [-0.39, 0.29) is 28.5 Å². The lowest BCUT2D eigenvalue weighted by Gasteiger charge is -2.23. The number of rotatable bonds is 6. The van der Waals surface area contributed by atoms with Crippen LogP contribution in [0.3, 0.4) is 0 Å². The minimum absolute atomic E-state index is 0.00127. The highest BCUT2D eigenvalue weighted by atomic mass is 32.2. The second-order valence-corrected chi connectivity index (χ2v) is 10.7. The van der Waals surface area contributed by atoms with Gasteiger partial charge >= 0.3 is 0 Å². The van der Waals surface area contributed by atoms with Crippen molar-refractivity contribution in [2.45, 2.75) is 42.7 Å². The van der Waals surface area contributed by atoms with Crippen molar-refractivity contribution in [2.75, 3.05) is 18.8 Å². The first-order chi connectivity index (χ1) is 16.9. The lowest BCUT2D eigenvalue weighted by atomic mass is 10.1. The third-order valence-electron chi connectivity index (χ3n) is 6.52. The lowest BCUT2D eigenvalue weighted by Crippen LogP contribution is -2.46. The maximum absolute atomic E-state index is 13.2. The van der Waals surface area contributed by atoms with Crippen LogP contribution in [0.15, 0.2) is 59.6 Å². The van der Waals surface area contributed by atoms with Crippen molar-refractivity contribution in [3.63, 3.8) is 0 Å². The molecule has 0 radical (unpaired) electrons. The minimum atomic E-state index is -3.78. The van der Waals surface area contributed by atoms with Crippen LogP contribution in [0.2, 0.25) is 0 Å². The van der Waals surface area contributed by atoms with Gasteiger partial charge in [-0.3, -0.25) is 4.79 Å². The Hall–Kier alpha value is -3.34. The Morgan fingerprint density at radius 2 is 1.97 bits per heavy atom. The maximum atomic E-state index is 13.2. The first-order valence-corrected chi connectivity index (χ1v) is 13.2. The Morgan fingerprint density at radius 3 is 2.80 bits per heavy atom. The van der Waals surface area contributed by atoms with Crippen LogP contribution in [-0.2, 0) is 16.4 Å². The van der Waals surface area contributed by atoms with E-state index < -0.39 is 15.9 Å². The quantitative estimate of drug-likeness (QED) is 0.414. The topological polar surface area (TPSA) is 139 Å². The predicted molar refractivity (Wildman–Crippen MR) is 133 cm³/mol. The average molecular weight is 493 g/mol. The molecule has 1 fully saturated rings. The van der Waals surface area contributed by atoms with Crippen LogP contribution in [0, 0.1) is 0 Å². The molecule has 1 aliphatic heterocycles. The van der Waals surface area contributed by atoms with Crippen LogP contribution in [0.5, 0.6) is 0 Å². The molecule has 2 aromatic carbocycles. The summed E-state index contributed by atoms with van der Waals surface area (Å²) in [6, 6.07) is 14.1. The molecule has 10 heteroatoms. The summed E-state index contributed by atoms with van der Waals surface area (Å²) in [5, 5.41) is 6.20. The highest BCUT2D eigenvalue weighted by Gasteiger charge is 2.27. The van der Waals surface area contributed by atoms with E-state index in [1.54, 1.807) is 18.2 Å². The molecule has 0 spiro atoms. The number of benzene rings is 2. The molecule has 0 saturated carbocycles. The molecule has 5 rings (SSSR count). The zero-order valence-electron chi connectivity index (χ0n) is 19.2. The van der Waals surface area contributed by atoms with Crippen molar-refractivity contribution in [1.29, 1.82) is 0 Å². The lowest BCUT2D eigenvalue weighted by molar-refractivity contribution is 0.0926. The third kappa shape index (κ3) is 5.04. The molecule has 1 unspecified atom stereocenters. The number of nitrogens with two attached hydrogens (primary N) is 1. The Kier molecular flexibility index (Phi) is 6.50. The SMILES string of the molecule is Nc1ncc(-c2cccc(S(=O)(=O)N[C@H]3CCc4ccccc43)c2)nc1C(=O)NC1CCCNC1. The number of carbonyl (C=O) groups excluding carboxylic acids is 1. The van der Waals surface area contributed by atoms with Crippen LogP contribution in [0.1, 0.15) is 46.9 Å². The molecular weight excluding hydrogens is 464 g/mol. The summed E-state index contributed by atoms with van der Waals surface area (Å²) in [5.41, 5.74) is 9.06. The normalized spacial score (nSPS) is 19.8. The van der Waals surface area contributed by atoms with Crippen molar-refractivity contribution in [2.24, 2.45) is 0 Å². The summed E-state index contributed by atoms with van der Waals surface area (Å²) in [6.45, 7) is 1.63. The fourth-order valence-corrected chi connectivity index (χ4v) is 5.99. The fraction of sp³-hybridized carbons (Fsp3) is 0.320. The summed E-state index contributed by atoms with van der Waals surface area (Å²) >= 11 is 0. The van der Waals surface area contributed by atoms with Crippen LogP contribution in [-0.4, -0.2) is 43.4 Å². The first kappa shape index (κ1) is 23.4. The fourth-order valence-electron chi connectivity index (χ4n) is 4.69. The second kappa shape index (κ2) is 9.73. The molecule has 5 N–H and O–H groups in total. The molecule has 1 amide bonds. The molecule has 9 nitrogen and oxygen atoms in total. The second-order valence-electron chi connectivity index (χ2n) is 8.95. The molecule has 35 heavy (non-hydrogen) atoms. The predicted octanol–water partition coefficient (Wildman–Crippen LogP) is 2.17. The number of aromatic nitrogens is 2. The summed E-state index contributed by atoms with van der Waals surface area (Å²) in [4.78, 5) is 21.5. The number of hydrogen-bond acceptors (Lipinski definition) is 7. The highest BCUT2D eigenvalue weighted by molar-refractivity contribution is 7.89. The largest absolute Gasteiger partial charge is 0.382 e. The molecule has 1 aliphatic carbocycles. The van der Waals surface area contributed by atoms with Gasteiger partial charge in [0.05, 0.1) is 16.8 Å². The molecule has 1 aromatic heterocycles. The van der Waals surface area contributed by atoms with Gasteiger partial charge in [0.15, 0.2) is 11.5 Å². The highest BCUT2D eigenvalue weighted by Crippen LogP contribution is 2.32. The average Bonchev–Trinajstić information content (AvgIpc) is 3.27. The van der Waals surface area contributed by atoms with Crippen molar-refractivity contribution < 1.29 is 13.2 Å². The summed E-state index contributed by atoms with van der Waals surface area (Å²) in [5.74, 6) is -0.365. The number of nitrogens with zero attached hydrogens (tertiary/aromatic N) is 2. The van der Waals surface area contributed by atoms with Crippen LogP contribution < -0.4 is 21.1 Å². The molecular formula is C25H28N6O3S. The molecule has 182 valence electrons. The van der Waals surface area contributed by atoms with E-state index in [9.17, 15) is 13.2 Å². The van der Waals surface area contributed by atoms with Crippen molar-refractivity contribution in [3.05, 3.63) is 71.5 Å². The number of fused-ring (bicyclic) bond motifs is 1. The Balaban J connectivity index is 1.37. The van der Waals surface area contributed by atoms with E-state index in [0.29, 0.717) is 17.8 Å². The van der Waals surface area contributed by atoms with E-state index in [0.717, 1.165) is 37.8 Å². The van der Waals surface area contributed by atoms with Gasteiger partial charge in [-0.15, -0.1) is 0 Å². The van der Waals surface area contributed by atoms with Gasteiger partial charge in [-0.1, -0.05) is 36.4 Å². The molecule has 2 aliphatic rings. The Labute approximate surface area is 204 Å². The van der Waals surface area contributed by atoms with Gasteiger partial charge in [-0.2, -0.15) is 0 Å². The number of nitrogen functional groups attached to an aromatic ring is 1. The van der Waals surface area contributed by atoms with Gasteiger partial charge in [0.25, 0.3) is 5.91 Å². The van der Waals surface area contributed by atoms with Crippen LogP contribution in [0.4, 0.5) is 5.82 Å². The number of hydrogen-bond donors (Lipinski definition) is 4. The van der Waals surface area contributed by atoms with Gasteiger partial charge in [0, 0.05) is 24.2 Å². The van der Waals surface area contributed by atoms with Gasteiger partial charge in [-0.05, 0) is 55.5 Å². The third-order valence-corrected chi connectivity index (χ3v) is 7.99. The number of aryl methyl sites for hydroxylation is 1. The van der Waals surface area contributed by atoms with Crippen molar-refractivity contribution in [3.8, 4) is 11.3 Å². The number of piperidine rings is 1. The van der Waals surface area contributed by atoms with E-state index in [2.05, 4.69) is 25.3 Å². The monoisotopic (exact) mass is 492 g/mol. The maximum Gasteiger partial charge on any atom is 0.274 e. The summed E-state index contributed by atoms with van der Waals surface area (Å²) in [6.07, 6.45) is 4.86. The van der Waals surface area contributed by atoms with E-state index in [1.165, 1.54) is 17.8 Å². The Morgan fingerprint density at radius 1 is 1.11 bits per heavy atom. The molecule has 2 heterocycles. The number of sulfonamides is 1. The van der Waals surface area contributed by atoms with Gasteiger partial charge in [0.1, 0.15) is 0 Å². The zero-order chi connectivity index (χ0) is 24.4. The zero-order valence-corrected chi connectivity index (χ0v) is 20.0. The number of amides is 1. The van der Waals surface area contributed by atoms with Crippen LogP contribution >= 0.6 is 0 Å². The summed E-state index contributed by atoms with van der Waals surface area (Å²) in [7, 11) is -3.78.